The molecule has 6 heteroatoms. The van der Waals surface area contributed by atoms with Crippen LogP contribution < -0.4 is 0 Å². The highest BCUT2D eigenvalue weighted by atomic mass is 19.3. The summed E-state index contributed by atoms with van der Waals surface area (Å²) in [6.07, 6.45) is 1.21. The molecule has 0 N–H and O–H groups in total. The largest absolute Gasteiger partial charge is 0.319 e. The van der Waals surface area contributed by atoms with Crippen LogP contribution in [0.5, 0.6) is 0 Å². The minimum Gasteiger partial charge on any atom is -0.291 e. The van der Waals surface area contributed by atoms with E-state index in [9.17, 15) is 18.9 Å². The van der Waals surface area contributed by atoms with Crippen LogP contribution in [-0.2, 0) is 0 Å². The summed E-state index contributed by atoms with van der Waals surface area (Å²) in [5.41, 5.74) is 0.185. The predicted octanol–water partition coefficient (Wildman–Crippen LogP) is 2.94. The fourth-order valence-corrected chi connectivity index (χ4v) is 1.44. The number of hydrogen-bond donors (Lipinski definition) is 0. The zero-order valence-corrected chi connectivity index (χ0v) is 7.43. The molecule has 0 aliphatic carbocycles. The highest BCUT2D eigenvalue weighted by Crippen LogP contribution is 2.25. The first kappa shape index (κ1) is 9.57. The molecule has 1 aromatic carbocycles. The molecule has 0 saturated heterocycles. The Kier molecular flexibility index (Phi) is 2.11. The molecule has 1 aromatic heterocycles. The highest BCUT2D eigenvalue weighted by Gasteiger charge is 2.12. The molecule has 0 amide bonds. The Morgan fingerprint density at radius 2 is 2.07 bits per heavy atom. The molecule has 78 valence electrons. The molecule has 0 aliphatic rings. The first-order valence-electron chi connectivity index (χ1n) is 4.13. The second-order valence-electron chi connectivity index (χ2n) is 3.00. The maximum atomic E-state index is 12.4. The van der Waals surface area contributed by atoms with Crippen LogP contribution in [0.3, 0.4) is 0 Å². The molecule has 0 bridgehead atoms. The van der Waals surface area contributed by atoms with Gasteiger partial charge < -0.3 is 0 Å². The Hall–Kier alpha value is -1.98. The maximum Gasteiger partial charge on any atom is 0.319 e. The van der Waals surface area contributed by atoms with Crippen LogP contribution in [0.4, 0.5) is 14.5 Å². The van der Waals surface area contributed by atoms with Crippen LogP contribution in [0.2, 0.25) is 0 Å². The molecule has 4 nitrogen and oxygen atoms in total. The van der Waals surface area contributed by atoms with Crippen LogP contribution in [0.1, 0.15) is 6.55 Å². The number of rotatable bonds is 2. The van der Waals surface area contributed by atoms with Gasteiger partial charge in [-0.15, -0.1) is 0 Å². The molecule has 0 atom stereocenters. The lowest BCUT2D eigenvalue weighted by molar-refractivity contribution is -0.384. The molecule has 0 saturated carbocycles. The lowest BCUT2D eigenvalue weighted by Crippen LogP contribution is -1.95. The number of nitro groups is 1. The second kappa shape index (κ2) is 3.30. The number of fused-ring (bicyclic) bond motifs is 1. The Labute approximate surface area is 82.9 Å². The molecule has 1 heterocycles. The summed E-state index contributed by atoms with van der Waals surface area (Å²) in [5, 5.41) is 10.9. The summed E-state index contributed by atoms with van der Waals surface area (Å²) >= 11 is 0. The van der Waals surface area contributed by atoms with Crippen LogP contribution >= 0.6 is 0 Å². The van der Waals surface area contributed by atoms with Crippen LogP contribution in [-0.4, -0.2) is 9.49 Å². The molecule has 0 unspecified atom stereocenters. The second-order valence-corrected chi connectivity index (χ2v) is 3.00. The number of halogens is 2. The summed E-state index contributed by atoms with van der Waals surface area (Å²) in [4.78, 5) is 9.88. The van der Waals surface area contributed by atoms with Crippen molar-refractivity contribution in [1.29, 1.82) is 0 Å². The Bertz CT molecular complexity index is 522. The molecule has 15 heavy (non-hydrogen) atoms. The Morgan fingerprint density at radius 1 is 1.33 bits per heavy atom. The van der Waals surface area contributed by atoms with Crippen molar-refractivity contribution < 1.29 is 13.7 Å². The van der Waals surface area contributed by atoms with E-state index in [2.05, 4.69) is 0 Å². The van der Waals surface area contributed by atoms with Gasteiger partial charge in [0.1, 0.15) is 0 Å². The lowest BCUT2D eigenvalue weighted by Gasteiger charge is -2.02. The van der Waals surface area contributed by atoms with Crippen molar-refractivity contribution in [1.82, 2.24) is 4.57 Å². The minimum absolute atomic E-state index is 0.102. The van der Waals surface area contributed by atoms with Crippen LogP contribution in [0, 0.1) is 10.1 Å². The van der Waals surface area contributed by atoms with Gasteiger partial charge >= 0.3 is 6.55 Å². The van der Waals surface area contributed by atoms with E-state index in [0.29, 0.717) is 5.39 Å². The van der Waals surface area contributed by atoms with Gasteiger partial charge in [-0.3, -0.25) is 14.7 Å². The van der Waals surface area contributed by atoms with E-state index in [0.717, 1.165) is 4.57 Å². The van der Waals surface area contributed by atoms with Gasteiger partial charge in [0.15, 0.2) is 0 Å². The Balaban J connectivity index is 2.61. The van der Waals surface area contributed by atoms with Gasteiger partial charge in [-0.2, -0.15) is 8.78 Å². The summed E-state index contributed by atoms with van der Waals surface area (Å²) in [6, 6.07) is 5.23. The van der Waals surface area contributed by atoms with E-state index >= 15 is 0 Å². The summed E-state index contributed by atoms with van der Waals surface area (Å²) < 4.78 is 25.6. The van der Waals surface area contributed by atoms with Crippen molar-refractivity contribution in [2.45, 2.75) is 6.55 Å². The standard InChI is InChI=1S/C9H6F2N2O2/c10-9(11)12-4-3-6-5-7(13(14)15)1-2-8(6)12/h1-5,9H. The number of nitro benzene ring substituents is 1. The zero-order valence-electron chi connectivity index (χ0n) is 7.43. The third kappa shape index (κ3) is 1.54. The van der Waals surface area contributed by atoms with Crippen molar-refractivity contribution in [2.24, 2.45) is 0 Å². The van der Waals surface area contributed by atoms with Crippen LogP contribution in [0.15, 0.2) is 30.5 Å². The van der Waals surface area contributed by atoms with E-state index < -0.39 is 11.5 Å². The van der Waals surface area contributed by atoms with E-state index in [-0.39, 0.29) is 11.2 Å². The smallest absolute Gasteiger partial charge is 0.291 e. The molecule has 0 radical (unpaired) electrons. The number of nitrogens with zero attached hydrogens (tertiary/aromatic N) is 2. The Morgan fingerprint density at radius 3 is 2.67 bits per heavy atom. The number of non-ortho nitro benzene ring substituents is 1. The van der Waals surface area contributed by atoms with Gasteiger partial charge in [-0.1, -0.05) is 0 Å². The van der Waals surface area contributed by atoms with Crippen molar-refractivity contribution in [3.05, 3.63) is 40.6 Å². The number of hydrogen-bond acceptors (Lipinski definition) is 2. The molecule has 2 aromatic rings. The molecule has 0 spiro atoms. The fourth-order valence-electron chi connectivity index (χ4n) is 1.44. The third-order valence-electron chi connectivity index (χ3n) is 2.13. The van der Waals surface area contributed by atoms with E-state index in [1.165, 1.54) is 30.5 Å². The van der Waals surface area contributed by atoms with Gasteiger partial charge in [0.25, 0.3) is 5.69 Å². The van der Waals surface area contributed by atoms with Crippen molar-refractivity contribution in [3.8, 4) is 0 Å². The maximum absolute atomic E-state index is 12.4. The molecule has 0 aliphatic heterocycles. The monoisotopic (exact) mass is 212 g/mol. The van der Waals surface area contributed by atoms with Gasteiger partial charge in [0, 0.05) is 23.7 Å². The third-order valence-corrected chi connectivity index (χ3v) is 2.13. The van der Waals surface area contributed by atoms with Crippen molar-refractivity contribution in [3.63, 3.8) is 0 Å². The van der Waals surface area contributed by atoms with Gasteiger partial charge in [0.05, 0.1) is 10.4 Å². The van der Waals surface area contributed by atoms with Crippen LogP contribution in [0.25, 0.3) is 10.9 Å². The average Bonchev–Trinajstić information content (AvgIpc) is 2.59. The molecular weight excluding hydrogens is 206 g/mol. The van der Waals surface area contributed by atoms with Crippen molar-refractivity contribution in [2.75, 3.05) is 0 Å². The highest BCUT2D eigenvalue weighted by molar-refractivity contribution is 5.82. The minimum atomic E-state index is -2.64. The summed E-state index contributed by atoms with van der Waals surface area (Å²) in [5.74, 6) is 0. The number of benzene rings is 1. The van der Waals surface area contributed by atoms with E-state index in [4.69, 9.17) is 0 Å². The molecular formula is C9H6F2N2O2. The van der Waals surface area contributed by atoms with E-state index in [1.807, 2.05) is 0 Å². The lowest BCUT2D eigenvalue weighted by atomic mass is 10.2. The first-order chi connectivity index (χ1) is 7.09. The molecule has 0 fully saturated rings. The van der Waals surface area contributed by atoms with Gasteiger partial charge in [-0.05, 0) is 12.1 Å². The SMILES string of the molecule is O=[N+]([O-])c1ccc2c(ccn2C(F)F)c1. The van der Waals surface area contributed by atoms with Crippen molar-refractivity contribution >= 4 is 16.6 Å². The zero-order chi connectivity index (χ0) is 11.0. The average molecular weight is 212 g/mol. The summed E-state index contributed by atoms with van der Waals surface area (Å²) in [6.45, 7) is -2.64. The normalized spacial score (nSPS) is 11.1. The first-order valence-corrected chi connectivity index (χ1v) is 4.13. The number of aromatic nitrogens is 1. The van der Waals surface area contributed by atoms with Gasteiger partial charge in [-0.25, -0.2) is 0 Å². The molecule has 2 rings (SSSR count). The predicted molar refractivity (Wildman–Crippen MR) is 49.8 cm³/mol. The van der Waals surface area contributed by atoms with E-state index in [1.54, 1.807) is 0 Å². The quantitative estimate of drug-likeness (QED) is 0.567. The fraction of sp³-hybridized carbons (Fsp3) is 0.111. The topological polar surface area (TPSA) is 48.1 Å². The number of alkyl halides is 2. The summed E-state index contributed by atoms with van der Waals surface area (Å²) in [7, 11) is 0. The van der Waals surface area contributed by atoms with Gasteiger partial charge in [0.2, 0.25) is 0 Å².